The minimum absolute atomic E-state index is 0.0624. The molecular formula is C25H27N5O2. The number of benzene rings is 2. The largest absolute Gasteiger partial charge is 0.379 e. The molecule has 0 saturated carbocycles. The molecule has 2 aromatic carbocycles. The normalized spacial score (nSPS) is 17.6. The van der Waals surface area contributed by atoms with Crippen LogP contribution in [-0.2, 0) is 19.5 Å². The van der Waals surface area contributed by atoms with Crippen LogP contribution in [-0.4, -0.2) is 33.6 Å². The molecule has 0 bridgehead atoms. The van der Waals surface area contributed by atoms with Crippen LogP contribution in [0.1, 0.15) is 40.7 Å². The maximum Gasteiger partial charge on any atom is 0.318 e. The number of anilines is 1. The fraction of sp³-hybridized carbons (Fsp3) is 0.320. The zero-order chi connectivity index (χ0) is 22.1. The Hall–Kier alpha value is -3.61. The minimum Gasteiger partial charge on any atom is -0.379 e. The van der Waals surface area contributed by atoms with Gasteiger partial charge in [-0.15, -0.1) is 0 Å². The lowest BCUT2D eigenvalue weighted by Gasteiger charge is -2.36. The number of hydrogen-bond acceptors (Lipinski definition) is 4. The number of aryl methyl sites for hydroxylation is 1. The Morgan fingerprint density at radius 3 is 2.47 bits per heavy atom. The van der Waals surface area contributed by atoms with Crippen molar-refractivity contribution in [3.05, 3.63) is 93.2 Å². The molecule has 164 valence electrons. The van der Waals surface area contributed by atoms with E-state index in [0.717, 1.165) is 23.2 Å². The molecule has 32 heavy (non-hydrogen) atoms. The van der Waals surface area contributed by atoms with Crippen LogP contribution in [0, 0.1) is 6.92 Å². The summed E-state index contributed by atoms with van der Waals surface area (Å²) in [6.07, 6.45) is 1.42. The van der Waals surface area contributed by atoms with E-state index in [-0.39, 0.29) is 17.6 Å². The third-order valence-corrected chi connectivity index (χ3v) is 6.22. The summed E-state index contributed by atoms with van der Waals surface area (Å²) in [5.74, 6) is 0.670. The number of carbonyl (C=O) groups excluding carboxylic acids is 1. The van der Waals surface area contributed by atoms with Crippen molar-refractivity contribution in [2.75, 3.05) is 18.4 Å². The highest BCUT2D eigenvalue weighted by Gasteiger charge is 2.34. The van der Waals surface area contributed by atoms with Gasteiger partial charge in [-0.25, -0.2) is 9.78 Å². The van der Waals surface area contributed by atoms with Crippen molar-refractivity contribution in [1.29, 1.82) is 0 Å². The lowest BCUT2D eigenvalue weighted by Crippen LogP contribution is -2.49. The monoisotopic (exact) mass is 429 g/mol. The average molecular weight is 430 g/mol. The number of aromatic nitrogens is 2. The van der Waals surface area contributed by atoms with Crippen LogP contribution in [0.4, 0.5) is 10.5 Å². The summed E-state index contributed by atoms with van der Waals surface area (Å²) in [6, 6.07) is 17.7. The molecule has 2 aliphatic heterocycles. The van der Waals surface area contributed by atoms with E-state index in [4.69, 9.17) is 4.98 Å². The number of urea groups is 1. The van der Waals surface area contributed by atoms with Crippen molar-refractivity contribution in [1.82, 2.24) is 19.8 Å². The van der Waals surface area contributed by atoms with Crippen LogP contribution in [0.2, 0.25) is 0 Å². The van der Waals surface area contributed by atoms with Gasteiger partial charge in [-0.3, -0.25) is 9.36 Å². The van der Waals surface area contributed by atoms with E-state index in [1.807, 2.05) is 54.3 Å². The van der Waals surface area contributed by atoms with Crippen LogP contribution in [0.25, 0.3) is 0 Å². The molecule has 1 saturated heterocycles. The molecule has 1 unspecified atom stereocenters. The topological polar surface area (TPSA) is 79.3 Å². The summed E-state index contributed by atoms with van der Waals surface area (Å²) in [5, 5.41) is 6.16. The first-order valence-corrected chi connectivity index (χ1v) is 11.1. The van der Waals surface area contributed by atoms with Gasteiger partial charge in [0.15, 0.2) is 0 Å². The van der Waals surface area contributed by atoms with Crippen LogP contribution in [0.15, 0.2) is 59.4 Å². The minimum atomic E-state index is -0.271. The zero-order valence-electron chi connectivity index (χ0n) is 18.2. The van der Waals surface area contributed by atoms with Crippen molar-refractivity contribution in [3.63, 3.8) is 0 Å². The molecular weight excluding hydrogens is 402 g/mol. The third kappa shape index (κ3) is 3.86. The van der Waals surface area contributed by atoms with Gasteiger partial charge < -0.3 is 15.5 Å². The molecule has 1 aromatic heterocycles. The summed E-state index contributed by atoms with van der Waals surface area (Å²) in [4.78, 5) is 33.1. The Bertz CT molecular complexity index is 1190. The van der Waals surface area contributed by atoms with E-state index in [2.05, 4.69) is 22.8 Å². The maximum atomic E-state index is 13.5. The Balaban J connectivity index is 1.57. The van der Waals surface area contributed by atoms with E-state index in [9.17, 15) is 9.59 Å². The van der Waals surface area contributed by atoms with Crippen molar-refractivity contribution < 1.29 is 4.79 Å². The van der Waals surface area contributed by atoms with Gasteiger partial charge in [-0.05, 0) is 24.5 Å². The number of nitrogens with zero attached hydrogens (tertiary/aromatic N) is 3. The fourth-order valence-electron chi connectivity index (χ4n) is 4.51. The molecule has 5 rings (SSSR count). The van der Waals surface area contributed by atoms with E-state index < -0.39 is 0 Å². The summed E-state index contributed by atoms with van der Waals surface area (Å²) in [6.45, 7) is 4.21. The van der Waals surface area contributed by atoms with Gasteiger partial charge in [0.05, 0.1) is 18.3 Å². The highest BCUT2D eigenvalue weighted by atomic mass is 16.2. The standard InChI is InChI=1S/C25H27N5O2/c1-17-7-9-19(10-8-17)15-29-21(12-14-27-25(29)32)23-28-20-11-13-26-22(20)24(31)30(23)16-18-5-3-2-4-6-18/h2-10,21,26H,11-16H2,1H3,(H,27,32). The molecule has 7 heteroatoms. The molecule has 1 atom stereocenters. The van der Waals surface area contributed by atoms with E-state index in [1.165, 1.54) is 5.56 Å². The Labute approximate surface area is 187 Å². The van der Waals surface area contributed by atoms with Crippen molar-refractivity contribution in [3.8, 4) is 0 Å². The van der Waals surface area contributed by atoms with Crippen molar-refractivity contribution in [2.45, 2.75) is 38.9 Å². The molecule has 3 aromatic rings. The van der Waals surface area contributed by atoms with Crippen molar-refractivity contribution in [2.24, 2.45) is 0 Å². The predicted molar refractivity (Wildman–Crippen MR) is 124 cm³/mol. The number of nitrogens with one attached hydrogen (secondary N) is 2. The second-order valence-corrected chi connectivity index (χ2v) is 8.50. The first kappa shape index (κ1) is 20.3. The SMILES string of the molecule is Cc1ccc(CN2C(=O)NCCC2c2nc3c(c(=O)n2Cc2ccccc2)NCC3)cc1. The fourth-order valence-corrected chi connectivity index (χ4v) is 4.51. The quantitative estimate of drug-likeness (QED) is 0.653. The first-order chi connectivity index (χ1) is 15.6. The van der Waals surface area contributed by atoms with Gasteiger partial charge in [0.25, 0.3) is 5.56 Å². The van der Waals surface area contributed by atoms with E-state index in [1.54, 1.807) is 4.57 Å². The summed E-state index contributed by atoms with van der Waals surface area (Å²) >= 11 is 0. The number of hydrogen-bond donors (Lipinski definition) is 2. The Morgan fingerprint density at radius 1 is 0.938 bits per heavy atom. The molecule has 2 N–H and O–H groups in total. The van der Waals surface area contributed by atoms with Crippen molar-refractivity contribution >= 4 is 11.7 Å². The Morgan fingerprint density at radius 2 is 1.69 bits per heavy atom. The number of amides is 2. The van der Waals surface area contributed by atoms with Crippen LogP contribution in [0.3, 0.4) is 0 Å². The van der Waals surface area contributed by atoms with Gasteiger partial charge in [0.1, 0.15) is 11.5 Å². The van der Waals surface area contributed by atoms with Crippen LogP contribution >= 0.6 is 0 Å². The molecule has 0 spiro atoms. The molecule has 2 aliphatic rings. The van der Waals surface area contributed by atoms with Crippen LogP contribution < -0.4 is 16.2 Å². The summed E-state index contributed by atoms with van der Waals surface area (Å²) in [7, 11) is 0. The molecule has 0 radical (unpaired) electrons. The lowest BCUT2D eigenvalue weighted by molar-refractivity contribution is 0.143. The van der Waals surface area contributed by atoms with E-state index >= 15 is 0 Å². The summed E-state index contributed by atoms with van der Waals surface area (Å²) in [5.41, 5.74) is 4.59. The average Bonchev–Trinajstić information content (AvgIpc) is 3.28. The van der Waals surface area contributed by atoms with Gasteiger partial charge >= 0.3 is 6.03 Å². The zero-order valence-corrected chi connectivity index (χ0v) is 18.2. The molecule has 2 amide bonds. The first-order valence-electron chi connectivity index (χ1n) is 11.1. The number of rotatable bonds is 5. The number of fused-ring (bicyclic) bond motifs is 1. The van der Waals surface area contributed by atoms with Gasteiger partial charge in [0.2, 0.25) is 0 Å². The van der Waals surface area contributed by atoms with Gasteiger partial charge in [-0.1, -0.05) is 60.2 Å². The molecule has 3 heterocycles. The highest BCUT2D eigenvalue weighted by molar-refractivity contribution is 5.75. The smallest absolute Gasteiger partial charge is 0.318 e. The van der Waals surface area contributed by atoms with Gasteiger partial charge in [0, 0.05) is 26.1 Å². The Kier molecular flexibility index (Phi) is 5.39. The third-order valence-electron chi connectivity index (χ3n) is 6.22. The predicted octanol–water partition coefficient (Wildman–Crippen LogP) is 3.22. The maximum absolute atomic E-state index is 13.5. The number of carbonyl (C=O) groups is 1. The second-order valence-electron chi connectivity index (χ2n) is 8.50. The van der Waals surface area contributed by atoms with Crippen LogP contribution in [0.5, 0.6) is 0 Å². The molecule has 0 aliphatic carbocycles. The molecule has 1 fully saturated rings. The van der Waals surface area contributed by atoms with Gasteiger partial charge in [-0.2, -0.15) is 0 Å². The summed E-state index contributed by atoms with van der Waals surface area (Å²) < 4.78 is 1.75. The highest BCUT2D eigenvalue weighted by Crippen LogP contribution is 2.29. The van der Waals surface area contributed by atoms with E-state index in [0.29, 0.717) is 44.1 Å². The molecule has 7 nitrogen and oxygen atoms in total. The second kappa shape index (κ2) is 8.49. The lowest BCUT2D eigenvalue weighted by atomic mass is 10.1.